The molecule has 1 rings (SSSR count). The van der Waals surface area contributed by atoms with Crippen LogP contribution in [-0.4, -0.2) is 28.1 Å². The second kappa shape index (κ2) is 5.34. The number of phenolic OH excluding ortho intramolecular Hbond substituents is 1. The van der Waals surface area contributed by atoms with Crippen LogP contribution in [0.2, 0.25) is 0 Å². The van der Waals surface area contributed by atoms with Crippen LogP contribution in [0, 0.1) is 6.92 Å². The average molecular weight is 237 g/mol. The van der Waals surface area contributed by atoms with Gasteiger partial charge in [-0.3, -0.25) is 4.79 Å². The van der Waals surface area contributed by atoms with E-state index in [0.29, 0.717) is 0 Å². The zero-order chi connectivity index (χ0) is 13.0. The highest BCUT2D eigenvalue weighted by Gasteiger charge is 2.20. The lowest BCUT2D eigenvalue weighted by Gasteiger charge is -2.13. The van der Waals surface area contributed by atoms with E-state index in [1.807, 2.05) is 0 Å². The van der Waals surface area contributed by atoms with E-state index in [4.69, 9.17) is 5.11 Å². The number of rotatable bonds is 4. The van der Waals surface area contributed by atoms with Crippen molar-refractivity contribution < 1.29 is 19.8 Å². The van der Waals surface area contributed by atoms with E-state index in [-0.39, 0.29) is 17.7 Å². The minimum atomic E-state index is -1.09. The summed E-state index contributed by atoms with van der Waals surface area (Å²) >= 11 is 0. The van der Waals surface area contributed by atoms with Crippen molar-refractivity contribution in [1.29, 1.82) is 0 Å². The van der Waals surface area contributed by atoms with Gasteiger partial charge in [-0.2, -0.15) is 0 Å². The molecule has 5 nitrogen and oxygen atoms in total. The summed E-state index contributed by atoms with van der Waals surface area (Å²) in [4.78, 5) is 22.5. The topological polar surface area (TPSA) is 86.6 Å². The summed E-state index contributed by atoms with van der Waals surface area (Å²) in [5.41, 5.74) is 0.902. The Hall–Kier alpha value is -2.04. The molecule has 0 saturated carbocycles. The van der Waals surface area contributed by atoms with Gasteiger partial charge in [-0.15, -0.1) is 0 Å². The third-order valence-electron chi connectivity index (χ3n) is 2.41. The second-order valence-electron chi connectivity index (χ2n) is 3.79. The number of carboxylic acids is 1. The van der Waals surface area contributed by atoms with E-state index < -0.39 is 17.9 Å². The average Bonchev–Trinajstić information content (AvgIpc) is 2.24. The quantitative estimate of drug-likeness (QED) is 0.736. The van der Waals surface area contributed by atoms with Gasteiger partial charge in [0.25, 0.3) is 5.91 Å². The zero-order valence-electron chi connectivity index (χ0n) is 9.73. The molecule has 92 valence electrons. The molecule has 1 aromatic carbocycles. The predicted molar refractivity (Wildman–Crippen MR) is 62.0 cm³/mol. The summed E-state index contributed by atoms with van der Waals surface area (Å²) in [7, 11) is 0. The Balaban J connectivity index is 2.86. The molecule has 0 fully saturated rings. The Bertz CT molecular complexity index is 442. The Labute approximate surface area is 99.1 Å². The first-order valence-corrected chi connectivity index (χ1v) is 5.29. The summed E-state index contributed by atoms with van der Waals surface area (Å²) < 4.78 is 0. The summed E-state index contributed by atoms with van der Waals surface area (Å²) in [6.45, 7) is 3.45. The summed E-state index contributed by atoms with van der Waals surface area (Å²) in [5.74, 6) is -1.83. The van der Waals surface area contributed by atoms with Gasteiger partial charge in [-0.1, -0.05) is 13.0 Å². The molecule has 1 aromatic rings. The number of carbonyl (C=O) groups excluding carboxylic acids is 1. The third-order valence-corrected chi connectivity index (χ3v) is 2.41. The number of hydrogen-bond acceptors (Lipinski definition) is 3. The molecule has 3 N–H and O–H groups in total. The van der Waals surface area contributed by atoms with Crippen LogP contribution in [0.1, 0.15) is 29.3 Å². The number of nitrogens with one attached hydrogen (secondary N) is 1. The van der Waals surface area contributed by atoms with Crippen molar-refractivity contribution >= 4 is 11.9 Å². The molecule has 0 heterocycles. The maximum atomic E-state index is 11.7. The van der Waals surface area contributed by atoms with E-state index in [1.165, 1.54) is 12.1 Å². The molecule has 5 heteroatoms. The molecule has 0 radical (unpaired) electrons. The minimum absolute atomic E-state index is 0.0790. The smallest absolute Gasteiger partial charge is 0.326 e. The van der Waals surface area contributed by atoms with Gasteiger partial charge in [0.1, 0.15) is 11.8 Å². The van der Waals surface area contributed by atoms with Gasteiger partial charge < -0.3 is 15.5 Å². The monoisotopic (exact) mass is 237 g/mol. The minimum Gasteiger partial charge on any atom is -0.507 e. The Kier molecular flexibility index (Phi) is 4.09. The summed E-state index contributed by atoms with van der Waals surface area (Å²) in [5, 5.41) is 20.7. The molecule has 1 atom stereocenters. The number of aromatic hydroxyl groups is 1. The molecule has 0 aliphatic heterocycles. The molecule has 0 aromatic heterocycles. The van der Waals surface area contributed by atoms with Crippen LogP contribution in [0.4, 0.5) is 0 Å². The van der Waals surface area contributed by atoms with Crippen molar-refractivity contribution in [2.75, 3.05) is 0 Å². The normalized spacial score (nSPS) is 11.9. The van der Waals surface area contributed by atoms with Gasteiger partial charge in [0.15, 0.2) is 0 Å². The van der Waals surface area contributed by atoms with Crippen LogP contribution in [0.5, 0.6) is 5.75 Å². The van der Waals surface area contributed by atoms with E-state index in [2.05, 4.69) is 5.32 Å². The van der Waals surface area contributed by atoms with Crippen molar-refractivity contribution in [2.45, 2.75) is 26.3 Å². The fourth-order valence-electron chi connectivity index (χ4n) is 1.41. The molecule has 0 bridgehead atoms. The van der Waals surface area contributed by atoms with Crippen molar-refractivity contribution in [2.24, 2.45) is 0 Å². The zero-order valence-corrected chi connectivity index (χ0v) is 9.73. The number of carboxylic acid groups (broad SMARTS) is 1. The van der Waals surface area contributed by atoms with Crippen LogP contribution in [0.25, 0.3) is 0 Å². The van der Waals surface area contributed by atoms with Crippen LogP contribution >= 0.6 is 0 Å². The van der Waals surface area contributed by atoms with E-state index in [9.17, 15) is 14.7 Å². The molecule has 0 aliphatic rings. The SMILES string of the molecule is CC[C@H](NC(=O)c1ccc(C)cc1O)C(=O)O. The Morgan fingerprint density at radius 3 is 2.53 bits per heavy atom. The predicted octanol–water partition coefficient (Wildman–Crippen LogP) is 1.29. The van der Waals surface area contributed by atoms with Gasteiger partial charge in [0.05, 0.1) is 5.56 Å². The third kappa shape index (κ3) is 3.21. The number of hydrogen-bond donors (Lipinski definition) is 3. The molecule has 1 amide bonds. The molecular formula is C12H15NO4. The van der Waals surface area contributed by atoms with Gasteiger partial charge in [0.2, 0.25) is 0 Å². The molecule has 0 saturated heterocycles. The number of phenols is 1. The molecule has 0 unspecified atom stereocenters. The van der Waals surface area contributed by atoms with Crippen molar-refractivity contribution in [3.8, 4) is 5.75 Å². The van der Waals surface area contributed by atoms with Crippen LogP contribution < -0.4 is 5.32 Å². The molecular weight excluding hydrogens is 222 g/mol. The van der Waals surface area contributed by atoms with Gasteiger partial charge in [-0.05, 0) is 31.0 Å². The first-order valence-electron chi connectivity index (χ1n) is 5.29. The van der Waals surface area contributed by atoms with E-state index in [1.54, 1.807) is 19.9 Å². The first kappa shape index (κ1) is 13.0. The van der Waals surface area contributed by atoms with Gasteiger partial charge in [-0.25, -0.2) is 4.79 Å². The lowest BCUT2D eigenvalue weighted by atomic mass is 10.1. The lowest BCUT2D eigenvalue weighted by Crippen LogP contribution is -2.40. The first-order chi connectivity index (χ1) is 7.95. The number of aliphatic carboxylic acids is 1. The largest absolute Gasteiger partial charge is 0.507 e. The second-order valence-corrected chi connectivity index (χ2v) is 3.79. The molecule has 0 aliphatic carbocycles. The fourth-order valence-corrected chi connectivity index (χ4v) is 1.41. The maximum Gasteiger partial charge on any atom is 0.326 e. The number of amides is 1. The Morgan fingerprint density at radius 1 is 1.41 bits per heavy atom. The van der Waals surface area contributed by atoms with E-state index in [0.717, 1.165) is 5.56 Å². The number of carbonyl (C=O) groups is 2. The highest BCUT2D eigenvalue weighted by Crippen LogP contribution is 2.18. The van der Waals surface area contributed by atoms with Crippen molar-refractivity contribution in [1.82, 2.24) is 5.32 Å². The Morgan fingerprint density at radius 2 is 2.06 bits per heavy atom. The van der Waals surface area contributed by atoms with Crippen molar-refractivity contribution in [3.63, 3.8) is 0 Å². The summed E-state index contributed by atoms with van der Waals surface area (Å²) in [6, 6.07) is 3.66. The van der Waals surface area contributed by atoms with Crippen LogP contribution in [-0.2, 0) is 4.79 Å². The highest BCUT2D eigenvalue weighted by molar-refractivity contribution is 5.98. The van der Waals surface area contributed by atoms with Gasteiger partial charge in [0, 0.05) is 0 Å². The maximum absolute atomic E-state index is 11.7. The number of benzene rings is 1. The van der Waals surface area contributed by atoms with Gasteiger partial charge >= 0.3 is 5.97 Å². The highest BCUT2D eigenvalue weighted by atomic mass is 16.4. The van der Waals surface area contributed by atoms with E-state index >= 15 is 0 Å². The standard InChI is InChI=1S/C12H15NO4/c1-3-9(12(16)17)13-11(15)8-5-4-7(2)6-10(8)14/h4-6,9,14H,3H2,1-2H3,(H,13,15)(H,16,17)/t9-/m0/s1. The van der Waals surface area contributed by atoms with Crippen molar-refractivity contribution in [3.05, 3.63) is 29.3 Å². The van der Waals surface area contributed by atoms with Crippen LogP contribution in [0.3, 0.4) is 0 Å². The molecule has 17 heavy (non-hydrogen) atoms. The fraction of sp³-hybridized carbons (Fsp3) is 0.333. The summed E-state index contributed by atoms with van der Waals surface area (Å²) in [6.07, 6.45) is 0.285. The lowest BCUT2D eigenvalue weighted by molar-refractivity contribution is -0.139. The number of aryl methyl sites for hydroxylation is 1. The van der Waals surface area contributed by atoms with Crippen LogP contribution in [0.15, 0.2) is 18.2 Å². The molecule has 0 spiro atoms.